The molecule has 3 heterocycles. The number of hydrogen-bond donors (Lipinski definition) is 1. The van der Waals surface area contributed by atoms with E-state index in [1.165, 1.54) is 24.3 Å². The van der Waals surface area contributed by atoms with Crippen molar-refractivity contribution in [2.75, 3.05) is 40.3 Å². The summed E-state index contributed by atoms with van der Waals surface area (Å²) in [6.07, 6.45) is 1.73. The van der Waals surface area contributed by atoms with Crippen LogP contribution in [0.25, 0.3) is 16.7 Å². The van der Waals surface area contributed by atoms with Gasteiger partial charge < -0.3 is 10.0 Å². The molecule has 0 aliphatic carbocycles. The van der Waals surface area contributed by atoms with Gasteiger partial charge in [0.2, 0.25) is 0 Å². The summed E-state index contributed by atoms with van der Waals surface area (Å²) in [7, 11) is -7.34. The summed E-state index contributed by atoms with van der Waals surface area (Å²) in [4.78, 5) is 13.2. The third-order valence-electron chi connectivity index (χ3n) is 6.22. The molecule has 4 aromatic rings. The van der Waals surface area contributed by atoms with Crippen LogP contribution in [0.3, 0.4) is 0 Å². The third-order valence-corrected chi connectivity index (χ3v) is 10.0. The molecule has 2 aromatic carbocycles. The molecule has 2 aromatic heterocycles. The molecule has 204 valence electrons. The average Bonchev–Trinajstić information content (AvgIpc) is 3.30. The van der Waals surface area contributed by atoms with Crippen molar-refractivity contribution >= 4 is 71.4 Å². The standard InChI is InChI=1S/C24H21Cl2N5O6S2/c25-17-12-18(26)14-20(13-17)39(36,37)31(15-24(32)33)19-1-2-21-16(11-19)5-6-30(21)23-4-3-22(27-28-23)29-7-9-38(34,35)10-8-29/h1-6,11-14H,7-10,15H2,(H,32,33). The van der Waals surface area contributed by atoms with Crippen molar-refractivity contribution in [2.45, 2.75) is 4.90 Å². The molecule has 1 aliphatic rings. The van der Waals surface area contributed by atoms with Gasteiger partial charge in [-0.25, -0.2) is 16.8 Å². The maximum absolute atomic E-state index is 13.4. The van der Waals surface area contributed by atoms with Gasteiger partial charge in [0.05, 0.1) is 27.6 Å². The van der Waals surface area contributed by atoms with E-state index >= 15 is 0 Å². The molecule has 0 saturated carbocycles. The minimum Gasteiger partial charge on any atom is -0.480 e. The lowest BCUT2D eigenvalue weighted by Crippen LogP contribution is -2.40. The Kier molecular flexibility index (Phi) is 7.18. The van der Waals surface area contributed by atoms with Crippen LogP contribution < -0.4 is 9.21 Å². The second-order valence-corrected chi connectivity index (χ2v) is 13.9. The number of sulfonamides is 1. The fourth-order valence-corrected chi connectivity index (χ4v) is 7.62. The Morgan fingerprint density at radius 2 is 1.59 bits per heavy atom. The zero-order chi connectivity index (χ0) is 27.9. The highest BCUT2D eigenvalue weighted by Crippen LogP contribution is 2.31. The van der Waals surface area contributed by atoms with E-state index in [9.17, 15) is 26.7 Å². The molecule has 1 aliphatic heterocycles. The summed E-state index contributed by atoms with van der Waals surface area (Å²) in [5, 5.41) is 18.8. The van der Waals surface area contributed by atoms with Crippen molar-refractivity contribution in [1.82, 2.24) is 14.8 Å². The van der Waals surface area contributed by atoms with E-state index in [4.69, 9.17) is 23.2 Å². The summed E-state index contributed by atoms with van der Waals surface area (Å²) < 4.78 is 52.8. The lowest BCUT2D eigenvalue weighted by atomic mass is 10.2. The number of aliphatic carboxylic acids is 1. The maximum Gasteiger partial charge on any atom is 0.324 e. The normalized spacial score (nSPS) is 15.4. The second-order valence-electron chi connectivity index (χ2n) is 8.83. The molecule has 0 amide bonds. The minimum absolute atomic E-state index is 0.0694. The van der Waals surface area contributed by atoms with E-state index in [1.54, 1.807) is 41.1 Å². The lowest BCUT2D eigenvalue weighted by Gasteiger charge is -2.27. The molecule has 0 bridgehead atoms. The zero-order valence-electron chi connectivity index (χ0n) is 20.1. The van der Waals surface area contributed by atoms with Crippen LogP contribution in [0.15, 0.2) is 65.7 Å². The van der Waals surface area contributed by atoms with E-state index in [0.29, 0.717) is 35.6 Å². The van der Waals surface area contributed by atoms with E-state index in [2.05, 4.69) is 10.2 Å². The molecular formula is C24H21Cl2N5O6S2. The SMILES string of the molecule is O=C(O)CN(c1ccc2c(ccn2-c2ccc(N3CCS(=O)(=O)CC3)nn2)c1)S(=O)(=O)c1cc(Cl)cc(Cl)c1. The molecule has 0 spiro atoms. The molecule has 39 heavy (non-hydrogen) atoms. The van der Waals surface area contributed by atoms with E-state index in [-0.39, 0.29) is 32.1 Å². The van der Waals surface area contributed by atoms with Gasteiger partial charge >= 0.3 is 5.97 Å². The first-order valence-corrected chi connectivity index (χ1v) is 15.6. The number of rotatable bonds is 7. The van der Waals surface area contributed by atoms with Gasteiger partial charge in [0.1, 0.15) is 6.54 Å². The van der Waals surface area contributed by atoms with E-state index in [0.717, 1.165) is 4.31 Å². The van der Waals surface area contributed by atoms with Gasteiger partial charge in [-0.3, -0.25) is 13.7 Å². The van der Waals surface area contributed by atoms with Gasteiger partial charge in [-0.05, 0) is 54.6 Å². The van der Waals surface area contributed by atoms with Gasteiger partial charge in [0.25, 0.3) is 10.0 Å². The molecule has 1 saturated heterocycles. The van der Waals surface area contributed by atoms with Crippen LogP contribution in [0.4, 0.5) is 11.5 Å². The molecule has 1 N–H and O–H groups in total. The Morgan fingerprint density at radius 1 is 0.949 bits per heavy atom. The van der Waals surface area contributed by atoms with E-state index < -0.39 is 32.4 Å². The number of aromatic nitrogens is 3. The van der Waals surface area contributed by atoms with Gasteiger partial charge in [-0.1, -0.05) is 23.2 Å². The summed E-state index contributed by atoms with van der Waals surface area (Å²) in [5.41, 5.74) is 0.823. The zero-order valence-corrected chi connectivity index (χ0v) is 23.3. The van der Waals surface area contributed by atoms with Crippen LogP contribution in [0, 0.1) is 0 Å². The first-order valence-electron chi connectivity index (χ1n) is 11.5. The molecule has 11 nitrogen and oxygen atoms in total. The topological polar surface area (TPSA) is 143 Å². The number of carboxylic acid groups (broad SMARTS) is 1. The fraction of sp³-hybridized carbons (Fsp3) is 0.208. The molecular weight excluding hydrogens is 589 g/mol. The Morgan fingerprint density at radius 3 is 2.21 bits per heavy atom. The first kappa shape index (κ1) is 27.2. The summed E-state index contributed by atoms with van der Waals surface area (Å²) in [5.74, 6) is -0.135. The number of carbonyl (C=O) groups is 1. The number of anilines is 2. The van der Waals surface area contributed by atoms with Crippen molar-refractivity contribution < 1.29 is 26.7 Å². The van der Waals surface area contributed by atoms with Gasteiger partial charge in [0, 0.05) is 34.7 Å². The quantitative estimate of drug-likeness (QED) is 0.334. The Hall–Kier alpha value is -3.39. The van der Waals surface area contributed by atoms with Crippen LogP contribution in [0.2, 0.25) is 10.0 Å². The van der Waals surface area contributed by atoms with Crippen LogP contribution >= 0.6 is 23.2 Å². The average molecular weight is 611 g/mol. The largest absolute Gasteiger partial charge is 0.480 e. The number of hydrogen-bond acceptors (Lipinski definition) is 8. The highest BCUT2D eigenvalue weighted by Gasteiger charge is 2.28. The number of benzene rings is 2. The Labute approximate surface area is 234 Å². The summed E-state index contributed by atoms with van der Waals surface area (Å²) >= 11 is 12.0. The highest BCUT2D eigenvalue weighted by atomic mass is 35.5. The smallest absolute Gasteiger partial charge is 0.324 e. The third kappa shape index (κ3) is 5.66. The number of fused-ring (bicyclic) bond motifs is 1. The van der Waals surface area contributed by atoms with Gasteiger partial charge in [0.15, 0.2) is 21.5 Å². The first-order chi connectivity index (χ1) is 18.4. The maximum atomic E-state index is 13.4. The molecule has 0 radical (unpaired) electrons. The number of halogens is 2. The van der Waals surface area contributed by atoms with Gasteiger partial charge in [-0.2, -0.15) is 0 Å². The Bertz CT molecular complexity index is 1760. The number of nitrogens with zero attached hydrogens (tertiary/aromatic N) is 5. The predicted molar refractivity (Wildman–Crippen MR) is 148 cm³/mol. The highest BCUT2D eigenvalue weighted by molar-refractivity contribution is 7.93. The van der Waals surface area contributed by atoms with Crippen LogP contribution in [0.1, 0.15) is 0 Å². The number of carboxylic acids is 1. The molecule has 15 heteroatoms. The van der Waals surface area contributed by atoms with Crippen molar-refractivity contribution in [2.24, 2.45) is 0 Å². The molecule has 0 atom stereocenters. The van der Waals surface area contributed by atoms with Crippen molar-refractivity contribution in [3.05, 3.63) is 70.8 Å². The number of sulfone groups is 1. The molecule has 0 unspecified atom stereocenters. The van der Waals surface area contributed by atoms with Crippen molar-refractivity contribution in [1.29, 1.82) is 0 Å². The van der Waals surface area contributed by atoms with Crippen LogP contribution in [-0.2, 0) is 24.7 Å². The summed E-state index contributed by atoms with van der Waals surface area (Å²) in [6, 6.07) is 13.8. The molecule has 1 fully saturated rings. The van der Waals surface area contributed by atoms with Crippen LogP contribution in [0.5, 0.6) is 0 Å². The Balaban J connectivity index is 1.46. The van der Waals surface area contributed by atoms with Crippen LogP contribution in [-0.4, -0.2) is 73.8 Å². The summed E-state index contributed by atoms with van der Waals surface area (Å²) in [6.45, 7) is -0.116. The predicted octanol–water partition coefficient (Wildman–Crippen LogP) is 3.24. The molecule has 5 rings (SSSR count). The lowest BCUT2D eigenvalue weighted by molar-refractivity contribution is -0.135. The van der Waals surface area contributed by atoms with Gasteiger partial charge in [-0.15, -0.1) is 10.2 Å². The second kappa shape index (κ2) is 10.3. The van der Waals surface area contributed by atoms with Crippen molar-refractivity contribution in [3.63, 3.8) is 0 Å². The van der Waals surface area contributed by atoms with Crippen molar-refractivity contribution in [3.8, 4) is 5.82 Å². The van der Waals surface area contributed by atoms with E-state index in [1.807, 2.05) is 4.90 Å². The minimum atomic E-state index is -4.32. The fourth-order valence-electron chi connectivity index (χ4n) is 4.28. The monoisotopic (exact) mass is 609 g/mol.